The van der Waals surface area contributed by atoms with E-state index in [0.717, 1.165) is 24.3 Å². The van der Waals surface area contributed by atoms with Crippen molar-refractivity contribution in [2.45, 2.75) is 61.4 Å². The Labute approximate surface area is 307 Å². The van der Waals surface area contributed by atoms with Crippen LogP contribution in [0.2, 0.25) is 0 Å². The predicted molar refractivity (Wildman–Crippen MR) is 180 cm³/mol. The summed E-state index contributed by atoms with van der Waals surface area (Å²) in [6, 6.07) is 14.2. The maximum absolute atomic E-state index is 12.8. The second-order valence-corrected chi connectivity index (χ2v) is 12.4. The fraction of sp³-hybridized carbons (Fsp3) is 0.278. The van der Waals surface area contributed by atoms with Crippen molar-refractivity contribution >= 4 is 35.0 Å². The minimum Gasteiger partial charge on any atom is -0.508 e. The number of aliphatic hydroxyl groups excluding tert-OH is 4. The first-order valence-corrected chi connectivity index (χ1v) is 16.2. The highest BCUT2D eigenvalue weighted by atomic mass is 16.8. The lowest BCUT2D eigenvalue weighted by atomic mass is 9.96. The first-order valence-electron chi connectivity index (χ1n) is 16.2. The number of ether oxygens (including phenoxy) is 5. The number of aliphatic carboxylic acids is 2. The first kappa shape index (κ1) is 38.7. The average molecular weight is 769 g/mol. The van der Waals surface area contributed by atoms with E-state index in [1.807, 2.05) is 0 Å². The monoisotopic (exact) mass is 768 g/mol. The summed E-state index contributed by atoms with van der Waals surface area (Å²) >= 11 is 0. The molecule has 1 aromatic heterocycles. The van der Waals surface area contributed by atoms with Gasteiger partial charge in [0.05, 0.1) is 0 Å². The van der Waals surface area contributed by atoms with Crippen LogP contribution in [0.3, 0.4) is 0 Å². The highest BCUT2D eigenvalue weighted by molar-refractivity contribution is 5.87. The van der Waals surface area contributed by atoms with E-state index in [1.54, 1.807) is 0 Å². The number of aliphatic hydroxyl groups is 4. The number of aromatic hydroxyl groups is 3. The maximum Gasteiger partial charge on any atom is 0.335 e. The Morgan fingerprint density at radius 3 is 1.91 bits per heavy atom. The predicted octanol–water partition coefficient (Wildman–Crippen LogP) is 0.0286. The Morgan fingerprint density at radius 2 is 1.29 bits per heavy atom. The normalized spacial score (nSPS) is 28.1. The van der Waals surface area contributed by atoms with Gasteiger partial charge in [-0.05, 0) is 48.0 Å². The number of carbonyl (C=O) groups is 3. The van der Waals surface area contributed by atoms with Crippen molar-refractivity contribution in [3.8, 4) is 34.3 Å². The highest BCUT2D eigenvalue weighted by Gasteiger charge is 2.55. The summed E-state index contributed by atoms with van der Waals surface area (Å²) in [5.41, 5.74) is -0.0126. The van der Waals surface area contributed by atoms with Crippen molar-refractivity contribution in [2.24, 2.45) is 0 Å². The summed E-state index contributed by atoms with van der Waals surface area (Å²) in [4.78, 5) is 49.3. The lowest BCUT2D eigenvalue weighted by molar-refractivity contribution is -0.350. The molecule has 2 fully saturated rings. The van der Waals surface area contributed by atoms with E-state index in [2.05, 4.69) is 0 Å². The highest BCUT2D eigenvalue weighted by Crippen LogP contribution is 2.34. The molecule has 19 heteroatoms. The molecule has 2 aliphatic rings. The molecule has 19 nitrogen and oxygen atoms in total. The van der Waals surface area contributed by atoms with Gasteiger partial charge in [0.15, 0.2) is 36.1 Å². The van der Waals surface area contributed by atoms with Crippen molar-refractivity contribution in [3.63, 3.8) is 0 Å². The molecule has 0 amide bonds. The second kappa shape index (κ2) is 15.7. The molecule has 0 radical (unpaired) electrons. The van der Waals surface area contributed by atoms with Crippen LogP contribution in [0, 0.1) is 0 Å². The van der Waals surface area contributed by atoms with E-state index in [4.69, 9.17) is 28.1 Å². The Hall–Kier alpha value is -6.06. The van der Waals surface area contributed by atoms with Crippen LogP contribution in [0.1, 0.15) is 5.56 Å². The smallest absolute Gasteiger partial charge is 0.335 e. The lowest BCUT2D eigenvalue weighted by Gasteiger charge is -2.45. The number of phenolic OH excluding ortho intramolecular Hbond substituents is 3. The third-order valence-corrected chi connectivity index (χ3v) is 8.61. The molecule has 55 heavy (non-hydrogen) atoms. The zero-order valence-electron chi connectivity index (χ0n) is 27.9. The van der Waals surface area contributed by atoms with Crippen LogP contribution in [-0.4, -0.2) is 125 Å². The van der Waals surface area contributed by atoms with Gasteiger partial charge in [-0.2, -0.15) is 0 Å². The summed E-state index contributed by atoms with van der Waals surface area (Å²) in [5.74, 6) is -5.61. The van der Waals surface area contributed by atoms with Crippen LogP contribution in [-0.2, 0) is 33.3 Å². The van der Waals surface area contributed by atoms with E-state index in [0.29, 0.717) is 5.56 Å². The van der Waals surface area contributed by atoms with Crippen LogP contribution in [0.5, 0.6) is 23.0 Å². The maximum atomic E-state index is 12.8. The molecule has 2 aliphatic heterocycles. The molecule has 3 heterocycles. The largest absolute Gasteiger partial charge is 0.508 e. The van der Waals surface area contributed by atoms with Crippen molar-refractivity contribution in [2.75, 3.05) is 0 Å². The van der Waals surface area contributed by atoms with Crippen LogP contribution in [0.25, 0.3) is 28.4 Å². The molecule has 4 aromatic rings. The number of phenols is 3. The quantitative estimate of drug-likeness (QED) is 0.0759. The molecule has 0 spiro atoms. The van der Waals surface area contributed by atoms with Crippen molar-refractivity contribution in [1.82, 2.24) is 0 Å². The van der Waals surface area contributed by atoms with Gasteiger partial charge in [-0.25, -0.2) is 14.4 Å². The number of hydrogen-bond acceptors (Lipinski definition) is 17. The van der Waals surface area contributed by atoms with Gasteiger partial charge in [-0.3, -0.25) is 4.79 Å². The fourth-order valence-electron chi connectivity index (χ4n) is 5.86. The van der Waals surface area contributed by atoms with E-state index in [9.17, 15) is 65.1 Å². The molecule has 6 rings (SSSR count). The number of carboxylic acids is 2. The SMILES string of the molecule is O=C(/C=C\c1ccc(O)cc1)O[C@H]1[C@H](O[C@H]2[C@H](Oc3ccc(-c4cc(=O)c5c(O)cc(O)cc5o4)cc3)O[C@H](C(=O)O)[C@@H](O)[C@@H]2O)O[C@H](C(=O)O)[C@@H](O)[C@@H]1O. The third kappa shape index (κ3) is 8.22. The summed E-state index contributed by atoms with van der Waals surface area (Å²) in [5, 5.41) is 91.6. The molecule has 3 aromatic carbocycles. The summed E-state index contributed by atoms with van der Waals surface area (Å²) in [7, 11) is 0. The number of esters is 1. The molecule has 2 saturated heterocycles. The molecule has 10 atom stereocenters. The van der Waals surface area contributed by atoms with Crippen LogP contribution in [0.4, 0.5) is 0 Å². The molecule has 0 unspecified atom stereocenters. The fourth-order valence-corrected chi connectivity index (χ4v) is 5.86. The van der Waals surface area contributed by atoms with Crippen molar-refractivity contribution in [3.05, 3.63) is 88.6 Å². The Kier molecular flexibility index (Phi) is 11.1. The van der Waals surface area contributed by atoms with Gasteiger partial charge in [0.25, 0.3) is 0 Å². The van der Waals surface area contributed by atoms with Gasteiger partial charge < -0.3 is 74.1 Å². The minimum atomic E-state index is -2.18. The summed E-state index contributed by atoms with van der Waals surface area (Å²) in [6.07, 6.45) is -18.8. The molecule has 0 aliphatic carbocycles. The Morgan fingerprint density at radius 1 is 0.691 bits per heavy atom. The van der Waals surface area contributed by atoms with Crippen LogP contribution < -0.4 is 10.2 Å². The average Bonchev–Trinajstić information content (AvgIpc) is 3.13. The number of carbonyl (C=O) groups excluding carboxylic acids is 1. The van der Waals surface area contributed by atoms with E-state index in [1.165, 1.54) is 54.6 Å². The number of benzene rings is 3. The summed E-state index contributed by atoms with van der Waals surface area (Å²) in [6.45, 7) is 0. The van der Waals surface area contributed by atoms with Gasteiger partial charge in [-0.15, -0.1) is 0 Å². The van der Waals surface area contributed by atoms with Gasteiger partial charge in [0.2, 0.25) is 6.29 Å². The summed E-state index contributed by atoms with van der Waals surface area (Å²) < 4.78 is 33.3. The first-order chi connectivity index (χ1) is 26.1. The number of carboxylic acid groups (broad SMARTS) is 2. The van der Waals surface area contributed by atoms with Gasteiger partial charge in [0, 0.05) is 29.8 Å². The zero-order valence-corrected chi connectivity index (χ0v) is 27.9. The topological polar surface area (TPSA) is 310 Å². The van der Waals surface area contributed by atoms with Crippen LogP contribution >= 0.6 is 0 Å². The van der Waals surface area contributed by atoms with Crippen molar-refractivity contribution in [1.29, 1.82) is 0 Å². The van der Waals surface area contributed by atoms with Crippen molar-refractivity contribution < 1.29 is 88.4 Å². The second-order valence-electron chi connectivity index (χ2n) is 12.4. The molecular weight excluding hydrogens is 736 g/mol. The minimum absolute atomic E-state index is 0.00957. The van der Waals surface area contributed by atoms with Gasteiger partial charge in [0.1, 0.15) is 64.1 Å². The van der Waals surface area contributed by atoms with Gasteiger partial charge >= 0.3 is 17.9 Å². The number of fused-ring (bicyclic) bond motifs is 1. The van der Waals surface area contributed by atoms with E-state index >= 15 is 0 Å². The van der Waals surface area contributed by atoms with Crippen LogP contribution in [0.15, 0.2) is 82.0 Å². The third-order valence-electron chi connectivity index (χ3n) is 8.61. The van der Waals surface area contributed by atoms with E-state index < -0.39 is 90.5 Å². The Balaban J connectivity index is 1.27. The molecule has 9 N–H and O–H groups in total. The molecular formula is C36H32O19. The molecule has 290 valence electrons. The molecule has 0 bridgehead atoms. The lowest BCUT2D eigenvalue weighted by Crippen LogP contribution is -2.66. The number of hydrogen-bond donors (Lipinski definition) is 9. The Bertz CT molecular complexity index is 2150. The van der Waals surface area contributed by atoms with Gasteiger partial charge in [-0.1, -0.05) is 12.1 Å². The molecule has 0 saturated carbocycles. The zero-order chi connectivity index (χ0) is 39.7. The number of rotatable bonds is 10. The standard InChI is InChI=1S/C36H32O19/c37-16-6-1-14(2-7-16)3-10-23(41)52-31-27(44)25(42)30(34(48)49)54-36(31)55-32-28(45)26(43)29(33(46)47)53-35(32)50-18-8-4-15(5-9-18)21-13-20(40)24-19(39)11-17(38)12-22(24)51-21/h1-13,25-32,35-39,42-45H,(H,46,47)(H,48,49)/b10-3-/t25-,26-,27-,28-,29-,30-,31+,32+,35+,36-/m0/s1. The van der Waals surface area contributed by atoms with E-state index in [-0.39, 0.29) is 39.5 Å².